The van der Waals surface area contributed by atoms with Crippen LogP contribution in [0.1, 0.15) is 91.9 Å². The topological polar surface area (TPSA) is 42.2 Å². The number of halogens is 2. The van der Waals surface area contributed by atoms with Gasteiger partial charge in [-0.3, -0.25) is 4.79 Å². The molecule has 0 aliphatic rings. The molecular formula is C30H40BrClN2O2S. The van der Waals surface area contributed by atoms with Gasteiger partial charge in [-0.1, -0.05) is 99.8 Å². The molecule has 37 heavy (non-hydrogen) atoms. The van der Waals surface area contributed by atoms with Gasteiger partial charge in [-0.05, 0) is 43.7 Å². The molecule has 0 radical (unpaired) electrons. The van der Waals surface area contributed by atoms with Crippen molar-refractivity contribution in [3.05, 3.63) is 75.2 Å². The van der Waals surface area contributed by atoms with Gasteiger partial charge in [0.25, 0.3) is 5.91 Å². The molecule has 1 N–H and O–H groups in total. The monoisotopic (exact) mass is 606 g/mol. The van der Waals surface area contributed by atoms with Crippen LogP contribution >= 0.6 is 22.9 Å². The number of hydrogen-bond donors (Lipinski definition) is 1. The molecular weight excluding hydrogens is 568 g/mol. The predicted octanol–water partition coefficient (Wildman–Crippen LogP) is 5.60. The number of carbonyl (C=O) groups excluding carboxylic acids is 1. The van der Waals surface area contributed by atoms with Gasteiger partial charge in [0.05, 0.1) is 16.5 Å². The lowest BCUT2D eigenvalue weighted by Gasteiger charge is -2.11. The molecule has 0 saturated carbocycles. The lowest BCUT2D eigenvalue weighted by molar-refractivity contribution is -0.683. The summed E-state index contributed by atoms with van der Waals surface area (Å²) < 4.78 is 8.07. The molecule has 4 nitrogen and oxygen atoms in total. The van der Waals surface area contributed by atoms with Crippen molar-refractivity contribution in [3.8, 4) is 5.75 Å². The third-order valence-corrected chi connectivity index (χ3v) is 7.39. The van der Waals surface area contributed by atoms with Crippen molar-refractivity contribution in [2.45, 2.75) is 84.6 Å². The SMILES string of the molecule is CCCCCCCCCCCCOc1cc(C(=O)Nc2cccc(C[n+]3csc(C)c3)c2)ccc1Cl.[Br-]. The van der Waals surface area contributed by atoms with Gasteiger partial charge in [0, 0.05) is 16.8 Å². The Hall–Kier alpha value is -1.89. The summed E-state index contributed by atoms with van der Waals surface area (Å²) in [5.41, 5.74) is 4.54. The number of aryl methyl sites for hydroxylation is 1. The maximum atomic E-state index is 12.9. The minimum absolute atomic E-state index is 0. The summed E-state index contributed by atoms with van der Waals surface area (Å²) >= 11 is 8.06. The molecule has 1 amide bonds. The van der Waals surface area contributed by atoms with Crippen LogP contribution in [0.4, 0.5) is 5.69 Å². The van der Waals surface area contributed by atoms with Gasteiger partial charge in [-0.25, -0.2) is 0 Å². The Morgan fingerprint density at radius 3 is 2.35 bits per heavy atom. The number of thiazole rings is 1. The van der Waals surface area contributed by atoms with Crippen molar-refractivity contribution in [2.75, 3.05) is 11.9 Å². The van der Waals surface area contributed by atoms with Crippen molar-refractivity contribution in [1.29, 1.82) is 0 Å². The van der Waals surface area contributed by atoms with Crippen LogP contribution in [0, 0.1) is 6.92 Å². The first-order valence-electron chi connectivity index (χ1n) is 13.3. The molecule has 0 aliphatic heterocycles. The lowest BCUT2D eigenvalue weighted by Crippen LogP contribution is -3.00. The molecule has 0 spiro atoms. The number of benzene rings is 2. The normalized spacial score (nSPS) is 10.7. The number of ether oxygens (including phenoxy) is 1. The van der Waals surface area contributed by atoms with Crippen molar-refractivity contribution < 1.29 is 31.1 Å². The van der Waals surface area contributed by atoms with Gasteiger partial charge >= 0.3 is 0 Å². The van der Waals surface area contributed by atoms with Crippen molar-refractivity contribution in [3.63, 3.8) is 0 Å². The summed E-state index contributed by atoms with van der Waals surface area (Å²) in [4.78, 5) is 14.2. The average molecular weight is 608 g/mol. The maximum absolute atomic E-state index is 12.9. The maximum Gasteiger partial charge on any atom is 0.255 e. The van der Waals surface area contributed by atoms with Crippen LogP contribution in [0.2, 0.25) is 5.02 Å². The molecule has 0 bridgehead atoms. The Bertz CT molecular complexity index is 1090. The second-order valence-corrected chi connectivity index (χ2v) is 11.0. The summed E-state index contributed by atoms with van der Waals surface area (Å²) in [6, 6.07) is 13.2. The number of nitrogens with zero attached hydrogens (tertiary/aromatic N) is 1. The molecule has 0 fully saturated rings. The number of aromatic nitrogens is 1. The van der Waals surface area contributed by atoms with E-state index in [0.717, 1.165) is 30.6 Å². The number of hydrogen-bond acceptors (Lipinski definition) is 3. The van der Waals surface area contributed by atoms with Gasteiger partial charge in [0.1, 0.15) is 5.75 Å². The predicted molar refractivity (Wildman–Crippen MR) is 152 cm³/mol. The van der Waals surface area contributed by atoms with Crippen LogP contribution in [0.15, 0.2) is 54.2 Å². The zero-order valence-electron chi connectivity index (χ0n) is 22.1. The van der Waals surface area contributed by atoms with Crippen molar-refractivity contribution in [1.82, 2.24) is 0 Å². The van der Waals surface area contributed by atoms with E-state index in [1.807, 2.05) is 18.2 Å². The smallest absolute Gasteiger partial charge is 0.255 e. The largest absolute Gasteiger partial charge is 1.00 e. The van der Waals surface area contributed by atoms with Crippen molar-refractivity contribution in [2.24, 2.45) is 0 Å². The highest BCUT2D eigenvalue weighted by Gasteiger charge is 2.12. The van der Waals surface area contributed by atoms with E-state index in [9.17, 15) is 4.79 Å². The lowest BCUT2D eigenvalue weighted by atomic mass is 10.1. The quantitative estimate of drug-likeness (QED) is 0.170. The van der Waals surface area contributed by atoms with Gasteiger partial charge in [-0.2, -0.15) is 4.57 Å². The van der Waals surface area contributed by atoms with Crippen LogP contribution in [0.5, 0.6) is 5.75 Å². The summed E-state index contributed by atoms with van der Waals surface area (Å²) in [5, 5.41) is 3.54. The van der Waals surface area contributed by atoms with Gasteiger partial charge in [0.2, 0.25) is 5.51 Å². The molecule has 0 aliphatic carbocycles. The van der Waals surface area contributed by atoms with E-state index in [0.29, 0.717) is 22.9 Å². The fraction of sp³-hybridized carbons (Fsp3) is 0.467. The van der Waals surface area contributed by atoms with E-state index in [-0.39, 0.29) is 22.9 Å². The summed E-state index contributed by atoms with van der Waals surface area (Å²) in [6.07, 6.45) is 14.9. The highest BCUT2D eigenvalue weighted by molar-refractivity contribution is 7.09. The van der Waals surface area contributed by atoms with E-state index >= 15 is 0 Å². The Morgan fingerprint density at radius 2 is 1.68 bits per heavy atom. The zero-order chi connectivity index (χ0) is 25.6. The van der Waals surface area contributed by atoms with Gasteiger partial charge in [-0.15, -0.1) is 0 Å². The van der Waals surface area contributed by atoms with Gasteiger partial charge < -0.3 is 27.0 Å². The number of nitrogens with one attached hydrogen (secondary N) is 1. The Labute approximate surface area is 242 Å². The number of unbranched alkanes of at least 4 members (excludes halogenated alkanes) is 9. The Morgan fingerprint density at radius 1 is 0.973 bits per heavy atom. The summed E-state index contributed by atoms with van der Waals surface area (Å²) in [6.45, 7) is 5.74. The Kier molecular flexibility index (Phi) is 14.9. The fourth-order valence-electron chi connectivity index (χ4n) is 4.22. The number of carbonyl (C=O) groups is 1. The van der Waals surface area contributed by atoms with Crippen LogP contribution in [0.25, 0.3) is 0 Å². The first-order chi connectivity index (χ1) is 17.5. The van der Waals surface area contributed by atoms with Crippen LogP contribution in [-0.4, -0.2) is 12.5 Å². The molecule has 1 aromatic heterocycles. The molecule has 202 valence electrons. The fourth-order valence-corrected chi connectivity index (χ4v) is 5.02. The first-order valence-corrected chi connectivity index (χ1v) is 14.6. The molecule has 0 atom stereocenters. The highest BCUT2D eigenvalue weighted by atomic mass is 79.9. The summed E-state index contributed by atoms with van der Waals surface area (Å²) in [7, 11) is 0. The van der Waals surface area contributed by atoms with Crippen LogP contribution in [-0.2, 0) is 6.54 Å². The van der Waals surface area contributed by atoms with E-state index < -0.39 is 0 Å². The Balaban J connectivity index is 0.00000481. The number of amides is 1. The second kappa shape index (κ2) is 17.6. The summed E-state index contributed by atoms with van der Waals surface area (Å²) in [5.74, 6) is 0.393. The van der Waals surface area contributed by atoms with Crippen LogP contribution in [0.3, 0.4) is 0 Å². The molecule has 2 aromatic carbocycles. The first kappa shape index (κ1) is 31.3. The zero-order valence-corrected chi connectivity index (χ0v) is 25.3. The molecule has 7 heteroatoms. The highest BCUT2D eigenvalue weighted by Crippen LogP contribution is 2.26. The van der Waals surface area contributed by atoms with E-state index in [2.05, 4.69) is 41.5 Å². The minimum atomic E-state index is -0.174. The number of rotatable bonds is 16. The number of anilines is 1. The van der Waals surface area contributed by atoms with Crippen molar-refractivity contribution >= 4 is 34.5 Å². The second-order valence-electron chi connectivity index (χ2n) is 9.47. The molecule has 1 heterocycles. The van der Waals surface area contributed by atoms with Gasteiger partial charge in [0.15, 0.2) is 12.7 Å². The van der Waals surface area contributed by atoms with Crippen LogP contribution < -0.4 is 31.6 Å². The standard InChI is InChI=1S/C30H39ClN2O2S.BrH/c1-3-4-5-6-7-8-9-10-11-12-18-35-29-20-26(16-17-28(29)31)30(34)32-27-15-13-14-25(19-27)22-33-21-24(2)36-23-33;/h13-17,19-21,23H,3-12,18,22H2,1-2H3;1H. The molecule has 0 unspecified atom stereocenters. The van der Waals surface area contributed by atoms with E-state index in [1.165, 1.54) is 56.2 Å². The van der Waals surface area contributed by atoms with E-state index in [1.54, 1.807) is 29.5 Å². The third kappa shape index (κ3) is 11.6. The molecule has 0 saturated heterocycles. The molecule has 3 rings (SSSR count). The minimum Gasteiger partial charge on any atom is -1.00 e. The third-order valence-electron chi connectivity index (χ3n) is 6.22. The van der Waals surface area contributed by atoms with E-state index in [4.69, 9.17) is 16.3 Å². The average Bonchev–Trinajstić information content (AvgIpc) is 3.28. The molecule has 3 aromatic rings.